The highest BCUT2D eigenvalue weighted by Crippen LogP contribution is 2.57. The summed E-state index contributed by atoms with van der Waals surface area (Å²) in [5, 5.41) is 3.24. The lowest BCUT2D eigenvalue weighted by molar-refractivity contribution is -0.225. The van der Waals surface area contributed by atoms with Crippen molar-refractivity contribution in [1.29, 1.82) is 0 Å². The smallest absolute Gasteiger partial charge is 0.241 e. The maximum absolute atomic E-state index is 13.0. The van der Waals surface area contributed by atoms with Crippen LogP contribution >= 0.6 is 0 Å². The van der Waals surface area contributed by atoms with Crippen molar-refractivity contribution in [1.82, 2.24) is 5.32 Å². The summed E-state index contributed by atoms with van der Waals surface area (Å²) >= 11 is 0. The molecule has 1 saturated heterocycles. The van der Waals surface area contributed by atoms with Gasteiger partial charge in [0, 0.05) is 24.0 Å². The van der Waals surface area contributed by atoms with E-state index in [-0.39, 0.29) is 29.4 Å². The molecule has 1 amide bonds. The van der Waals surface area contributed by atoms with E-state index in [1.54, 1.807) is 0 Å². The third-order valence-electron chi connectivity index (χ3n) is 6.45. The lowest BCUT2D eigenvalue weighted by Crippen LogP contribution is -2.82. The van der Waals surface area contributed by atoms with Crippen LogP contribution in [0.2, 0.25) is 0 Å². The molecule has 1 aliphatic heterocycles. The Labute approximate surface area is 137 Å². The Morgan fingerprint density at radius 1 is 1.26 bits per heavy atom. The van der Waals surface area contributed by atoms with Gasteiger partial charge in [-0.3, -0.25) is 4.79 Å². The molecule has 4 heteroatoms. The summed E-state index contributed by atoms with van der Waals surface area (Å²) in [4.78, 5) is 13.0. The molecule has 0 spiro atoms. The minimum absolute atomic E-state index is 0.00653. The highest BCUT2D eigenvalue weighted by molar-refractivity contribution is 5.89. The number of nitrogens with one attached hydrogen (secondary N) is 1. The lowest BCUT2D eigenvalue weighted by atomic mass is 9.46. The van der Waals surface area contributed by atoms with Crippen molar-refractivity contribution >= 4 is 5.91 Å². The largest absolute Gasteiger partial charge is 0.377 e. The van der Waals surface area contributed by atoms with E-state index in [1.165, 1.54) is 11.1 Å². The Bertz CT molecular complexity index is 617. The van der Waals surface area contributed by atoms with Crippen molar-refractivity contribution in [3.05, 3.63) is 35.4 Å². The number of hydrogen-bond donors (Lipinski definition) is 2. The van der Waals surface area contributed by atoms with Crippen LogP contribution < -0.4 is 11.1 Å². The van der Waals surface area contributed by atoms with E-state index in [0.29, 0.717) is 0 Å². The zero-order chi connectivity index (χ0) is 16.2. The van der Waals surface area contributed by atoms with Crippen LogP contribution in [0.1, 0.15) is 37.8 Å². The van der Waals surface area contributed by atoms with Crippen molar-refractivity contribution in [3.8, 4) is 0 Å². The van der Waals surface area contributed by atoms with Crippen molar-refractivity contribution in [2.24, 2.45) is 17.1 Å². The molecule has 3 aliphatic rings. The predicted octanol–water partition coefficient (Wildman–Crippen LogP) is 1.80. The van der Waals surface area contributed by atoms with E-state index < -0.39 is 5.54 Å². The van der Waals surface area contributed by atoms with E-state index in [1.807, 2.05) is 0 Å². The summed E-state index contributed by atoms with van der Waals surface area (Å²) in [7, 11) is 0. The highest BCUT2D eigenvalue weighted by atomic mass is 16.5. The number of nitrogens with two attached hydrogens (primary N) is 1. The zero-order valence-electron chi connectivity index (χ0n) is 14.0. The van der Waals surface area contributed by atoms with Gasteiger partial charge in [-0.2, -0.15) is 0 Å². The van der Waals surface area contributed by atoms with E-state index in [9.17, 15) is 4.79 Å². The maximum atomic E-state index is 13.0. The quantitative estimate of drug-likeness (QED) is 0.875. The Morgan fingerprint density at radius 2 is 1.91 bits per heavy atom. The monoisotopic (exact) mass is 314 g/mol. The molecule has 1 aromatic carbocycles. The number of benzene rings is 1. The molecule has 2 aliphatic carbocycles. The van der Waals surface area contributed by atoms with Gasteiger partial charge in [-0.25, -0.2) is 0 Å². The zero-order valence-corrected chi connectivity index (χ0v) is 14.0. The molecule has 3 N–H and O–H groups in total. The molecule has 1 aromatic rings. The summed E-state index contributed by atoms with van der Waals surface area (Å²) in [5.41, 5.74) is 8.23. The molecule has 124 valence electrons. The lowest BCUT2D eigenvalue weighted by Gasteiger charge is -2.65. The fourth-order valence-electron chi connectivity index (χ4n) is 5.00. The average Bonchev–Trinajstić information content (AvgIpc) is 2.96. The number of carbonyl (C=O) groups excluding carboxylic acids is 1. The summed E-state index contributed by atoms with van der Waals surface area (Å²) in [5.74, 6) is 0.155. The third-order valence-corrected chi connectivity index (χ3v) is 6.45. The Kier molecular flexibility index (Phi) is 3.33. The van der Waals surface area contributed by atoms with Crippen molar-refractivity contribution < 1.29 is 9.53 Å². The number of amides is 1. The van der Waals surface area contributed by atoms with E-state index in [2.05, 4.69) is 43.4 Å². The fourth-order valence-corrected chi connectivity index (χ4v) is 5.00. The first kappa shape index (κ1) is 15.2. The van der Waals surface area contributed by atoms with Gasteiger partial charge in [0.2, 0.25) is 5.91 Å². The van der Waals surface area contributed by atoms with Crippen molar-refractivity contribution in [3.63, 3.8) is 0 Å². The number of carbonyl (C=O) groups is 1. The van der Waals surface area contributed by atoms with Crippen LogP contribution in [0.4, 0.5) is 0 Å². The topological polar surface area (TPSA) is 64.3 Å². The summed E-state index contributed by atoms with van der Waals surface area (Å²) < 4.78 is 5.90. The molecule has 23 heavy (non-hydrogen) atoms. The van der Waals surface area contributed by atoms with Gasteiger partial charge in [0.1, 0.15) is 5.54 Å². The van der Waals surface area contributed by atoms with E-state index in [0.717, 1.165) is 32.3 Å². The van der Waals surface area contributed by atoms with Crippen LogP contribution in [0.15, 0.2) is 24.3 Å². The Hall–Kier alpha value is -1.39. The van der Waals surface area contributed by atoms with Crippen LogP contribution in [0, 0.1) is 11.3 Å². The average molecular weight is 314 g/mol. The minimum atomic E-state index is -0.813. The predicted molar refractivity (Wildman–Crippen MR) is 88.9 cm³/mol. The molecule has 4 rings (SSSR count). The van der Waals surface area contributed by atoms with Gasteiger partial charge in [0.15, 0.2) is 0 Å². The number of fused-ring (bicyclic) bond motifs is 2. The van der Waals surface area contributed by atoms with E-state index in [4.69, 9.17) is 10.5 Å². The van der Waals surface area contributed by atoms with Crippen LogP contribution in [-0.2, 0) is 22.4 Å². The van der Waals surface area contributed by atoms with Crippen molar-refractivity contribution in [2.75, 3.05) is 6.61 Å². The molecule has 0 aromatic heterocycles. The number of ether oxygens (including phenoxy) is 1. The first-order valence-electron chi connectivity index (χ1n) is 8.73. The molecular formula is C19H26N2O2. The summed E-state index contributed by atoms with van der Waals surface area (Å²) in [6.07, 6.45) is 3.92. The Balaban J connectivity index is 1.49. The molecule has 0 bridgehead atoms. The molecule has 1 heterocycles. The molecule has 2 fully saturated rings. The van der Waals surface area contributed by atoms with E-state index >= 15 is 0 Å². The molecular weight excluding hydrogens is 288 g/mol. The second-order valence-corrected chi connectivity index (χ2v) is 7.98. The summed E-state index contributed by atoms with van der Waals surface area (Å²) in [6.45, 7) is 4.94. The standard InChI is InChI=1S/C19H26N2O2/c1-18(2)16-15(8-5-9-23-16)19(18,20)17(22)21-14-10-12-6-3-4-7-13(12)11-14/h3-4,6-7,14-16H,5,8-11,20H2,1-2H3,(H,21,22). The maximum Gasteiger partial charge on any atom is 0.241 e. The Morgan fingerprint density at radius 3 is 2.57 bits per heavy atom. The van der Waals surface area contributed by atoms with Crippen LogP contribution in [0.25, 0.3) is 0 Å². The van der Waals surface area contributed by atoms with Gasteiger partial charge >= 0.3 is 0 Å². The van der Waals surface area contributed by atoms with Gasteiger partial charge in [-0.15, -0.1) is 0 Å². The molecule has 4 nitrogen and oxygen atoms in total. The van der Waals surface area contributed by atoms with Gasteiger partial charge in [0.05, 0.1) is 6.10 Å². The van der Waals surface area contributed by atoms with Gasteiger partial charge in [-0.1, -0.05) is 38.1 Å². The highest BCUT2D eigenvalue weighted by Gasteiger charge is 2.70. The minimum Gasteiger partial charge on any atom is -0.377 e. The molecule has 3 atom stereocenters. The first-order valence-corrected chi connectivity index (χ1v) is 8.73. The number of hydrogen-bond acceptors (Lipinski definition) is 3. The van der Waals surface area contributed by atoms with Gasteiger partial charge in [-0.05, 0) is 36.8 Å². The van der Waals surface area contributed by atoms with Crippen LogP contribution in [0.3, 0.4) is 0 Å². The second kappa shape index (κ2) is 5.05. The summed E-state index contributed by atoms with van der Waals surface area (Å²) in [6, 6.07) is 8.59. The van der Waals surface area contributed by atoms with Gasteiger partial charge < -0.3 is 15.8 Å². The third kappa shape index (κ3) is 2.01. The number of rotatable bonds is 2. The van der Waals surface area contributed by atoms with Gasteiger partial charge in [0.25, 0.3) is 0 Å². The van der Waals surface area contributed by atoms with Crippen LogP contribution in [0.5, 0.6) is 0 Å². The molecule has 3 unspecified atom stereocenters. The molecule has 1 saturated carbocycles. The fraction of sp³-hybridized carbons (Fsp3) is 0.632. The van der Waals surface area contributed by atoms with Crippen molar-refractivity contribution in [2.45, 2.75) is 57.2 Å². The van der Waals surface area contributed by atoms with Crippen LogP contribution in [-0.4, -0.2) is 30.2 Å². The SMILES string of the molecule is CC1(C)C2OCCCC2C1(N)C(=O)NC1Cc2ccccc2C1. The second-order valence-electron chi connectivity index (χ2n) is 7.98. The molecule has 0 radical (unpaired) electrons. The first-order chi connectivity index (χ1) is 10.9. The normalized spacial score (nSPS) is 35.1.